The smallest absolute Gasteiger partial charge is 0.261 e. The Morgan fingerprint density at radius 2 is 1.82 bits per heavy atom. The van der Waals surface area contributed by atoms with Gasteiger partial charge in [-0.2, -0.15) is 5.10 Å². The van der Waals surface area contributed by atoms with E-state index in [9.17, 15) is 13.2 Å². The van der Waals surface area contributed by atoms with E-state index in [0.717, 1.165) is 38.7 Å². The van der Waals surface area contributed by atoms with Crippen molar-refractivity contribution in [3.05, 3.63) is 78.6 Å². The van der Waals surface area contributed by atoms with Gasteiger partial charge >= 0.3 is 0 Å². The van der Waals surface area contributed by atoms with Crippen LogP contribution < -0.4 is 4.74 Å². The third-order valence-corrected chi connectivity index (χ3v) is 7.95. The number of hydrogen-bond acceptors (Lipinski definition) is 7. The molecule has 7 rings (SSSR count). The summed E-state index contributed by atoms with van der Waals surface area (Å²) in [4.78, 5) is 20.7. The molecule has 1 aliphatic rings. The highest BCUT2D eigenvalue weighted by molar-refractivity contribution is 6.00. The topological polar surface area (TPSA) is 98.8 Å². The maximum Gasteiger partial charge on any atom is 0.261 e. The molecule has 0 aliphatic carbocycles. The number of aromatic amines is 2. The average molecular weight is 613 g/mol. The fourth-order valence-corrected chi connectivity index (χ4v) is 5.74. The maximum atomic E-state index is 14.7. The summed E-state index contributed by atoms with van der Waals surface area (Å²) in [7, 11) is 3.90. The molecule has 0 unspecified atom stereocenters. The first-order valence-electron chi connectivity index (χ1n) is 14.7. The second kappa shape index (κ2) is 11.6. The van der Waals surface area contributed by atoms with Crippen LogP contribution in [0.5, 0.6) is 5.75 Å². The molecular weight excluding hydrogens is 581 g/mol. The van der Waals surface area contributed by atoms with Gasteiger partial charge in [0.1, 0.15) is 23.9 Å². The van der Waals surface area contributed by atoms with E-state index >= 15 is 0 Å². The van der Waals surface area contributed by atoms with Crippen LogP contribution in [0.1, 0.15) is 12.0 Å². The molecule has 1 saturated heterocycles. The first-order valence-corrected chi connectivity index (χ1v) is 14.7. The lowest BCUT2D eigenvalue weighted by atomic mass is 10.0. The first kappa shape index (κ1) is 28.9. The molecule has 6 heterocycles. The van der Waals surface area contributed by atoms with Gasteiger partial charge < -0.3 is 14.6 Å². The van der Waals surface area contributed by atoms with Gasteiger partial charge in [-0.05, 0) is 56.1 Å². The predicted molar refractivity (Wildman–Crippen MR) is 166 cm³/mol. The van der Waals surface area contributed by atoms with Crippen LogP contribution in [0.3, 0.4) is 0 Å². The molecule has 45 heavy (non-hydrogen) atoms. The number of benzene rings is 1. The summed E-state index contributed by atoms with van der Waals surface area (Å²) in [5.41, 5.74) is 6.57. The number of rotatable bonds is 9. The zero-order valence-electron chi connectivity index (χ0n) is 24.8. The Hall–Kier alpha value is -4.81. The van der Waals surface area contributed by atoms with Gasteiger partial charge in [-0.1, -0.05) is 0 Å². The summed E-state index contributed by atoms with van der Waals surface area (Å²) >= 11 is 0. The highest BCUT2D eigenvalue weighted by atomic mass is 19.3. The van der Waals surface area contributed by atoms with Gasteiger partial charge in [0.25, 0.3) is 5.92 Å². The summed E-state index contributed by atoms with van der Waals surface area (Å²) < 4.78 is 47.9. The molecule has 1 fully saturated rings. The lowest BCUT2D eigenvalue weighted by molar-refractivity contribution is 0.0115. The quantitative estimate of drug-likeness (QED) is 0.202. The van der Waals surface area contributed by atoms with E-state index in [1.165, 1.54) is 12.1 Å². The fourth-order valence-electron chi connectivity index (χ4n) is 5.74. The van der Waals surface area contributed by atoms with Gasteiger partial charge in [0.05, 0.1) is 17.9 Å². The predicted octanol–water partition coefficient (Wildman–Crippen LogP) is 6.15. The number of likely N-dealkylation sites (N-methyl/N-ethyl adjacent to an activating group) is 1. The molecule has 5 aromatic heterocycles. The summed E-state index contributed by atoms with van der Waals surface area (Å²) in [5.74, 6) is -2.61. The van der Waals surface area contributed by atoms with E-state index in [2.05, 4.69) is 30.1 Å². The first-order chi connectivity index (χ1) is 21.7. The molecule has 1 aromatic carbocycles. The van der Waals surface area contributed by atoms with Crippen molar-refractivity contribution in [3.63, 3.8) is 0 Å². The Bertz CT molecular complexity index is 2000. The number of likely N-dealkylation sites (tertiary alicyclic amines) is 1. The molecule has 0 atom stereocenters. The summed E-state index contributed by atoms with van der Waals surface area (Å²) in [6.07, 6.45) is 6.75. The van der Waals surface area contributed by atoms with Crippen molar-refractivity contribution < 1.29 is 17.9 Å². The van der Waals surface area contributed by atoms with Gasteiger partial charge in [0.15, 0.2) is 5.65 Å². The normalized spacial score (nSPS) is 15.1. The number of fused-ring (bicyclic) bond motifs is 2. The van der Waals surface area contributed by atoms with Gasteiger partial charge in [0.2, 0.25) is 0 Å². The van der Waals surface area contributed by atoms with Crippen LogP contribution in [-0.2, 0) is 6.54 Å². The molecule has 0 spiro atoms. The molecule has 6 aromatic rings. The van der Waals surface area contributed by atoms with Gasteiger partial charge in [-0.25, -0.2) is 18.2 Å². The lowest BCUT2D eigenvalue weighted by Crippen LogP contribution is -2.24. The Balaban J connectivity index is 1.20. The van der Waals surface area contributed by atoms with E-state index in [-0.39, 0.29) is 13.0 Å². The van der Waals surface area contributed by atoms with Gasteiger partial charge in [-0.15, -0.1) is 0 Å². The number of aromatic nitrogens is 6. The van der Waals surface area contributed by atoms with Crippen molar-refractivity contribution in [2.45, 2.75) is 18.9 Å². The highest BCUT2D eigenvalue weighted by Crippen LogP contribution is 2.35. The maximum absolute atomic E-state index is 14.7. The fraction of sp³-hybridized carbons (Fsp3) is 0.273. The zero-order valence-corrected chi connectivity index (χ0v) is 24.8. The highest BCUT2D eigenvalue weighted by Gasteiger charge is 2.37. The third-order valence-electron chi connectivity index (χ3n) is 7.95. The van der Waals surface area contributed by atoms with Gasteiger partial charge in [-0.3, -0.25) is 20.0 Å². The Morgan fingerprint density at radius 1 is 0.956 bits per heavy atom. The number of halogens is 3. The van der Waals surface area contributed by atoms with Crippen LogP contribution in [0.25, 0.3) is 55.7 Å². The van der Waals surface area contributed by atoms with Crippen LogP contribution in [-0.4, -0.2) is 86.2 Å². The number of ether oxygens (including phenoxy) is 1. The van der Waals surface area contributed by atoms with Crippen molar-refractivity contribution in [2.24, 2.45) is 0 Å². The van der Waals surface area contributed by atoms with Crippen LogP contribution in [0.2, 0.25) is 0 Å². The van der Waals surface area contributed by atoms with Crippen molar-refractivity contribution in [2.75, 3.05) is 40.3 Å². The second-order valence-corrected chi connectivity index (χ2v) is 11.7. The Labute approximate surface area is 257 Å². The SMILES string of the molecule is CN(C)CCOc1cc(F)cc(-c2nccc3[nH]c(-c4n[nH]c5ncc(-c6cncc(CN7CCC(F)(F)C7)c6)cc45)cc23)c1. The average Bonchev–Trinajstić information content (AvgIpc) is 3.72. The lowest BCUT2D eigenvalue weighted by Gasteiger charge is -2.15. The molecular formula is C33H31F3N8O. The van der Waals surface area contributed by atoms with Crippen molar-refractivity contribution in [1.29, 1.82) is 0 Å². The number of hydrogen-bond donors (Lipinski definition) is 2. The molecule has 0 saturated carbocycles. The summed E-state index contributed by atoms with van der Waals surface area (Å²) in [6.45, 7) is 1.66. The number of alkyl halides is 2. The number of nitrogens with one attached hydrogen (secondary N) is 2. The molecule has 2 N–H and O–H groups in total. The van der Waals surface area contributed by atoms with E-state index in [1.54, 1.807) is 35.8 Å². The Kier molecular flexibility index (Phi) is 7.46. The summed E-state index contributed by atoms with van der Waals surface area (Å²) in [6, 6.07) is 12.4. The third kappa shape index (κ3) is 6.11. The van der Waals surface area contributed by atoms with E-state index in [1.807, 2.05) is 43.3 Å². The second-order valence-electron chi connectivity index (χ2n) is 11.7. The zero-order chi connectivity index (χ0) is 31.1. The van der Waals surface area contributed by atoms with Crippen LogP contribution >= 0.6 is 0 Å². The van der Waals surface area contributed by atoms with Crippen LogP contribution in [0.15, 0.2) is 67.3 Å². The number of pyridine rings is 3. The summed E-state index contributed by atoms with van der Waals surface area (Å²) in [5, 5.41) is 9.16. The van der Waals surface area contributed by atoms with E-state index < -0.39 is 11.7 Å². The molecule has 1 aliphatic heterocycles. The number of H-pyrrole nitrogens is 2. The van der Waals surface area contributed by atoms with E-state index in [0.29, 0.717) is 54.6 Å². The Morgan fingerprint density at radius 3 is 2.64 bits per heavy atom. The van der Waals surface area contributed by atoms with Crippen LogP contribution in [0.4, 0.5) is 13.2 Å². The monoisotopic (exact) mass is 612 g/mol. The minimum absolute atomic E-state index is 0.121. The molecule has 0 bridgehead atoms. The van der Waals surface area contributed by atoms with Crippen molar-refractivity contribution >= 4 is 21.9 Å². The molecule has 230 valence electrons. The largest absolute Gasteiger partial charge is 0.492 e. The van der Waals surface area contributed by atoms with Gasteiger partial charge in [0, 0.05) is 89.9 Å². The number of nitrogens with zero attached hydrogens (tertiary/aromatic N) is 6. The van der Waals surface area contributed by atoms with E-state index in [4.69, 9.17) is 4.74 Å². The van der Waals surface area contributed by atoms with Crippen molar-refractivity contribution in [3.8, 4) is 39.5 Å². The molecule has 0 amide bonds. The standard InChI is InChI=1S/C33H31F3N8O/c1-43(2)7-8-45-25-11-21(10-24(34)13-25)30-26-14-29(40-28(26)3-5-38-30)31-27-12-23(17-39-32(27)42-41-31)22-9-20(15-37-16-22)18-44-6-4-33(35,36)19-44/h3,5,9-17,40H,4,6-8,18-19H2,1-2H3,(H,39,41,42). The molecule has 12 heteroatoms. The van der Waals surface area contributed by atoms with Crippen molar-refractivity contribution in [1.82, 2.24) is 39.9 Å². The minimum atomic E-state index is -2.64. The van der Waals surface area contributed by atoms with Crippen LogP contribution in [0, 0.1) is 5.82 Å². The molecule has 9 nitrogen and oxygen atoms in total. The molecule has 0 radical (unpaired) electrons. The minimum Gasteiger partial charge on any atom is -0.492 e.